The van der Waals surface area contributed by atoms with Crippen molar-refractivity contribution in [3.8, 4) is 0 Å². The van der Waals surface area contributed by atoms with E-state index in [-0.39, 0.29) is 5.41 Å². The molecule has 1 fully saturated rings. The Hall–Kier alpha value is -1.80. The molecule has 1 aliphatic rings. The van der Waals surface area contributed by atoms with Crippen molar-refractivity contribution >= 4 is 34.2 Å². The van der Waals surface area contributed by atoms with Gasteiger partial charge in [-0.1, -0.05) is 56.5 Å². The number of benzene rings is 1. The highest BCUT2D eigenvalue weighted by Gasteiger charge is 2.65. The molecule has 0 heterocycles. The maximum absolute atomic E-state index is 10.9. The van der Waals surface area contributed by atoms with E-state index in [0.29, 0.717) is 11.5 Å². The lowest BCUT2D eigenvalue weighted by atomic mass is 9.86. The molecule has 0 saturated heterocycles. The van der Waals surface area contributed by atoms with Crippen molar-refractivity contribution in [1.29, 1.82) is 0 Å². The maximum Gasteiger partial charge on any atom is 0.311 e. The lowest BCUT2D eigenvalue weighted by Crippen LogP contribution is -2.30. The van der Waals surface area contributed by atoms with Gasteiger partial charge >= 0.3 is 10.5 Å². The number of nitrogens with one attached hydrogen (secondary N) is 2. The lowest BCUT2D eigenvalue weighted by Gasteiger charge is -2.20. The van der Waals surface area contributed by atoms with Crippen LogP contribution in [-0.2, 0) is 20.7 Å². The minimum Gasteiger partial charge on any atom is -0.365 e. The third kappa shape index (κ3) is 5.88. The summed E-state index contributed by atoms with van der Waals surface area (Å²) >= 11 is 4.50. The Bertz CT molecular complexity index is 729. The molecule has 0 aliphatic heterocycles. The standard InChI is InChI=1S/C15H21NO2S.C3H6N2OS/c1-3-4-8-11-15(13-9-6-5-7-10-13)12-14(15,2)16-19(17)18;1-4-3(7)5-2-6/h5-7,9-10H,3-4,8,11-12H2,1-2H3;2H,1H3,(H2,4,5,6,7). The van der Waals surface area contributed by atoms with E-state index in [4.69, 9.17) is 0 Å². The Labute approximate surface area is 162 Å². The van der Waals surface area contributed by atoms with Crippen molar-refractivity contribution in [1.82, 2.24) is 10.6 Å². The van der Waals surface area contributed by atoms with Crippen LogP contribution < -0.4 is 10.6 Å². The fraction of sp³-hybridized carbons (Fsp3) is 0.556. The van der Waals surface area contributed by atoms with Gasteiger partial charge in [0, 0.05) is 12.5 Å². The van der Waals surface area contributed by atoms with Crippen LogP contribution in [0.5, 0.6) is 0 Å². The van der Waals surface area contributed by atoms with Crippen LogP contribution in [0.2, 0.25) is 0 Å². The minimum atomic E-state index is -2.33. The Balaban J connectivity index is 0.000000412. The van der Waals surface area contributed by atoms with Crippen LogP contribution in [0.25, 0.3) is 0 Å². The zero-order chi connectivity index (χ0) is 19.6. The van der Waals surface area contributed by atoms with Gasteiger partial charge in [-0.2, -0.15) is 12.8 Å². The Morgan fingerprint density at radius 1 is 1.31 bits per heavy atom. The average Bonchev–Trinajstić information content (AvgIpc) is 3.20. The minimum absolute atomic E-state index is 0.0799. The molecule has 1 aromatic carbocycles. The average molecular weight is 398 g/mol. The first-order chi connectivity index (χ1) is 12.3. The molecule has 1 saturated carbocycles. The molecule has 8 heteroatoms. The van der Waals surface area contributed by atoms with Crippen molar-refractivity contribution in [3.05, 3.63) is 35.9 Å². The summed E-state index contributed by atoms with van der Waals surface area (Å²) in [5, 5.41) is 5.13. The number of amides is 1. The molecule has 6 nitrogen and oxygen atoms in total. The van der Waals surface area contributed by atoms with Gasteiger partial charge in [-0.3, -0.25) is 4.79 Å². The Kier molecular flexibility index (Phi) is 8.87. The molecule has 26 heavy (non-hydrogen) atoms. The zero-order valence-electron chi connectivity index (χ0n) is 15.5. The van der Waals surface area contributed by atoms with E-state index in [0.717, 1.165) is 19.3 Å². The maximum atomic E-state index is 10.9. The first kappa shape index (κ1) is 22.2. The second kappa shape index (κ2) is 10.4. The number of carbonyl (C=O) groups is 1. The summed E-state index contributed by atoms with van der Waals surface area (Å²) in [4.78, 5) is 9.54. The molecular formula is C18H27N3O3S2. The van der Waals surface area contributed by atoms with Crippen LogP contribution in [0.15, 0.2) is 34.7 Å². The van der Waals surface area contributed by atoms with Gasteiger partial charge in [0.2, 0.25) is 6.41 Å². The SMILES string of the molecule is CCCCCC1(c2ccccc2)CC1(C)N=S(=O)=O.CNC(=S)NC=O. The molecule has 0 bridgehead atoms. The highest BCUT2D eigenvalue weighted by molar-refractivity contribution is 7.80. The van der Waals surface area contributed by atoms with E-state index >= 15 is 0 Å². The van der Waals surface area contributed by atoms with Crippen molar-refractivity contribution in [2.45, 2.75) is 56.9 Å². The molecule has 144 valence electrons. The predicted octanol–water partition coefficient (Wildman–Crippen LogP) is 2.97. The molecular weight excluding hydrogens is 370 g/mol. The third-order valence-corrected chi connectivity index (χ3v) is 5.65. The van der Waals surface area contributed by atoms with Gasteiger partial charge in [0.25, 0.3) is 0 Å². The monoisotopic (exact) mass is 397 g/mol. The predicted molar refractivity (Wildman–Crippen MR) is 107 cm³/mol. The van der Waals surface area contributed by atoms with Crippen molar-refractivity contribution in [2.75, 3.05) is 7.05 Å². The molecule has 0 radical (unpaired) electrons. The summed E-state index contributed by atoms with van der Waals surface area (Å²) in [5.74, 6) is 0. The first-order valence-corrected chi connectivity index (χ1v) is 10.1. The Morgan fingerprint density at radius 2 is 1.96 bits per heavy atom. The second-order valence-corrected chi connectivity index (χ2v) is 7.53. The summed E-state index contributed by atoms with van der Waals surface area (Å²) in [6.45, 7) is 4.14. The summed E-state index contributed by atoms with van der Waals surface area (Å²) in [7, 11) is -0.687. The van der Waals surface area contributed by atoms with E-state index in [9.17, 15) is 13.2 Å². The number of unbranched alkanes of at least 4 members (excludes halogenated alkanes) is 2. The fourth-order valence-corrected chi connectivity index (χ4v) is 3.92. The van der Waals surface area contributed by atoms with Crippen molar-refractivity contribution in [3.63, 3.8) is 0 Å². The number of hydrogen-bond donors (Lipinski definition) is 2. The summed E-state index contributed by atoms with van der Waals surface area (Å²) in [6.07, 6.45) is 5.86. The van der Waals surface area contributed by atoms with Gasteiger partial charge in [0.1, 0.15) is 0 Å². The van der Waals surface area contributed by atoms with Gasteiger partial charge in [0.15, 0.2) is 5.11 Å². The molecule has 2 rings (SSSR count). The quantitative estimate of drug-likeness (QED) is 0.420. The summed E-state index contributed by atoms with van der Waals surface area (Å²) in [5.41, 5.74) is 0.695. The van der Waals surface area contributed by atoms with E-state index in [1.54, 1.807) is 7.05 Å². The first-order valence-electron chi connectivity index (χ1n) is 8.65. The number of nitrogens with zero attached hydrogens (tertiary/aromatic N) is 1. The third-order valence-electron chi connectivity index (χ3n) is 4.78. The van der Waals surface area contributed by atoms with E-state index in [2.05, 4.69) is 46.3 Å². The zero-order valence-corrected chi connectivity index (χ0v) is 17.1. The second-order valence-electron chi connectivity index (χ2n) is 6.51. The van der Waals surface area contributed by atoms with Crippen LogP contribution in [0, 0.1) is 0 Å². The van der Waals surface area contributed by atoms with Gasteiger partial charge in [-0.25, -0.2) is 0 Å². The molecule has 2 atom stereocenters. The fourth-order valence-electron chi connectivity index (χ4n) is 3.30. The van der Waals surface area contributed by atoms with E-state index in [1.807, 2.05) is 25.1 Å². The number of hydrogen-bond acceptors (Lipinski definition) is 5. The molecule has 1 aromatic rings. The Morgan fingerprint density at radius 3 is 2.42 bits per heavy atom. The van der Waals surface area contributed by atoms with Gasteiger partial charge in [-0.05, 0) is 37.5 Å². The highest BCUT2D eigenvalue weighted by Crippen LogP contribution is 2.62. The topological polar surface area (TPSA) is 87.6 Å². The molecule has 1 aliphatic carbocycles. The summed E-state index contributed by atoms with van der Waals surface area (Å²) < 4.78 is 25.8. The largest absolute Gasteiger partial charge is 0.365 e. The smallest absolute Gasteiger partial charge is 0.311 e. The molecule has 2 N–H and O–H groups in total. The lowest BCUT2D eigenvalue weighted by molar-refractivity contribution is -0.108. The van der Waals surface area contributed by atoms with Gasteiger partial charge in [-0.15, -0.1) is 0 Å². The molecule has 0 aromatic heterocycles. The van der Waals surface area contributed by atoms with Crippen LogP contribution in [-0.4, -0.2) is 32.5 Å². The number of thiocarbonyl (C=S) groups is 1. The van der Waals surface area contributed by atoms with Crippen LogP contribution in [0.4, 0.5) is 0 Å². The van der Waals surface area contributed by atoms with E-state index in [1.165, 1.54) is 18.4 Å². The van der Waals surface area contributed by atoms with Gasteiger partial charge < -0.3 is 10.6 Å². The molecule has 2 unspecified atom stereocenters. The highest BCUT2D eigenvalue weighted by atomic mass is 32.2. The number of rotatable bonds is 7. The summed E-state index contributed by atoms with van der Waals surface area (Å²) in [6, 6.07) is 10.2. The van der Waals surface area contributed by atoms with Gasteiger partial charge in [0.05, 0.1) is 5.54 Å². The van der Waals surface area contributed by atoms with Crippen LogP contribution in [0.3, 0.4) is 0 Å². The van der Waals surface area contributed by atoms with Crippen molar-refractivity contribution in [2.24, 2.45) is 4.36 Å². The van der Waals surface area contributed by atoms with Crippen molar-refractivity contribution < 1.29 is 13.2 Å². The number of carbonyl (C=O) groups excluding carboxylic acids is 1. The molecule has 1 amide bonds. The normalized spacial score (nSPS) is 23.0. The van der Waals surface area contributed by atoms with Crippen LogP contribution >= 0.6 is 12.2 Å². The van der Waals surface area contributed by atoms with Crippen LogP contribution in [0.1, 0.15) is 51.5 Å². The molecule has 0 spiro atoms. The van der Waals surface area contributed by atoms with E-state index < -0.39 is 16.0 Å².